The van der Waals surface area contributed by atoms with Crippen molar-refractivity contribution in [2.45, 2.75) is 64.5 Å². The van der Waals surface area contributed by atoms with Crippen LogP contribution >= 0.6 is 0 Å². The molecule has 0 saturated heterocycles. The smallest absolute Gasteiger partial charge is 0.0594 e. The number of hydrogen-bond acceptors (Lipinski definition) is 2. The normalized spacial score (nSPS) is 17.5. The van der Waals surface area contributed by atoms with E-state index in [-0.39, 0.29) is 0 Å². The van der Waals surface area contributed by atoms with Gasteiger partial charge in [-0.05, 0) is 36.8 Å². The van der Waals surface area contributed by atoms with E-state index in [4.69, 9.17) is 4.74 Å². The van der Waals surface area contributed by atoms with Crippen LogP contribution in [0.3, 0.4) is 0 Å². The summed E-state index contributed by atoms with van der Waals surface area (Å²) in [6.07, 6.45) is 7.97. The van der Waals surface area contributed by atoms with Crippen molar-refractivity contribution in [3.05, 3.63) is 35.4 Å². The number of hydrogen-bond donors (Lipinski definition) is 1. The molecule has 1 aromatic rings. The lowest BCUT2D eigenvalue weighted by Gasteiger charge is -2.19. The van der Waals surface area contributed by atoms with E-state index in [2.05, 4.69) is 43.4 Å². The third kappa shape index (κ3) is 4.60. The molecule has 1 aromatic carbocycles. The number of aryl methyl sites for hydroxylation is 1. The summed E-state index contributed by atoms with van der Waals surface area (Å²) in [5, 5.41) is 3.62. The third-order valence-corrected chi connectivity index (χ3v) is 4.35. The fourth-order valence-corrected chi connectivity index (χ4v) is 3.00. The minimum absolute atomic E-state index is 0.452. The van der Waals surface area contributed by atoms with Crippen molar-refractivity contribution >= 4 is 0 Å². The van der Waals surface area contributed by atoms with Crippen LogP contribution in [0.4, 0.5) is 0 Å². The molecule has 0 bridgehead atoms. The Morgan fingerprint density at radius 3 is 2.45 bits per heavy atom. The van der Waals surface area contributed by atoms with Gasteiger partial charge in [0, 0.05) is 12.6 Å². The van der Waals surface area contributed by atoms with Gasteiger partial charge in [-0.2, -0.15) is 0 Å². The summed E-state index contributed by atoms with van der Waals surface area (Å²) in [5.41, 5.74) is 2.80. The number of ether oxygens (including phenoxy) is 1. The molecule has 1 fully saturated rings. The number of nitrogens with one attached hydrogen (secondary N) is 1. The van der Waals surface area contributed by atoms with Crippen molar-refractivity contribution in [3.8, 4) is 0 Å². The minimum Gasteiger partial charge on any atom is -0.377 e. The van der Waals surface area contributed by atoms with Gasteiger partial charge in [0.25, 0.3) is 0 Å². The van der Waals surface area contributed by atoms with Crippen LogP contribution in [-0.4, -0.2) is 19.3 Å². The number of rotatable bonds is 8. The molecular weight excluding hydrogens is 246 g/mol. The fourth-order valence-electron chi connectivity index (χ4n) is 3.00. The Hall–Kier alpha value is -0.860. The molecule has 2 heteroatoms. The molecule has 0 heterocycles. The van der Waals surface area contributed by atoms with Gasteiger partial charge in [-0.15, -0.1) is 0 Å². The SMILES string of the molecule is CCc1ccc(C(CC)NCCOC2CCCC2)cc1. The number of benzene rings is 1. The molecule has 1 aliphatic carbocycles. The predicted octanol–water partition coefficient (Wildman–Crippen LogP) is 4.25. The second kappa shape index (κ2) is 8.43. The molecule has 0 amide bonds. The van der Waals surface area contributed by atoms with Crippen LogP contribution in [-0.2, 0) is 11.2 Å². The predicted molar refractivity (Wildman–Crippen MR) is 85.1 cm³/mol. The van der Waals surface area contributed by atoms with Crippen LogP contribution in [0.1, 0.15) is 63.1 Å². The minimum atomic E-state index is 0.452. The molecule has 0 aliphatic heterocycles. The summed E-state index contributed by atoms with van der Waals surface area (Å²) in [5.74, 6) is 0. The van der Waals surface area contributed by atoms with Crippen molar-refractivity contribution in [3.63, 3.8) is 0 Å². The maximum absolute atomic E-state index is 5.91. The summed E-state index contributed by atoms with van der Waals surface area (Å²) in [7, 11) is 0. The molecule has 2 nitrogen and oxygen atoms in total. The highest BCUT2D eigenvalue weighted by atomic mass is 16.5. The van der Waals surface area contributed by atoms with Crippen LogP contribution < -0.4 is 5.32 Å². The average Bonchev–Trinajstić information content (AvgIpc) is 3.01. The zero-order valence-corrected chi connectivity index (χ0v) is 13.0. The molecule has 1 atom stereocenters. The first-order chi connectivity index (χ1) is 9.83. The lowest BCUT2D eigenvalue weighted by atomic mass is 10.0. The first-order valence-electron chi connectivity index (χ1n) is 8.27. The highest BCUT2D eigenvalue weighted by Gasteiger charge is 2.15. The standard InChI is InChI=1S/C18H29NO/c1-3-15-9-11-16(12-10-15)18(4-2)19-13-14-20-17-7-5-6-8-17/h9-12,17-19H,3-8,13-14H2,1-2H3. The highest BCUT2D eigenvalue weighted by molar-refractivity contribution is 5.24. The summed E-state index contributed by atoms with van der Waals surface area (Å²) in [4.78, 5) is 0. The molecule has 0 spiro atoms. The Morgan fingerprint density at radius 2 is 1.85 bits per heavy atom. The van der Waals surface area contributed by atoms with Gasteiger partial charge in [0.15, 0.2) is 0 Å². The first-order valence-corrected chi connectivity index (χ1v) is 8.27. The van der Waals surface area contributed by atoms with Gasteiger partial charge in [0.05, 0.1) is 12.7 Å². The molecule has 112 valence electrons. The molecule has 1 saturated carbocycles. The third-order valence-electron chi connectivity index (χ3n) is 4.35. The summed E-state index contributed by atoms with van der Waals surface area (Å²) in [6, 6.07) is 9.46. The Balaban J connectivity index is 1.73. The van der Waals surface area contributed by atoms with Crippen molar-refractivity contribution in [2.24, 2.45) is 0 Å². The molecule has 0 radical (unpaired) electrons. The Labute approximate surface area is 123 Å². The molecule has 20 heavy (non-hydrogen) atoms. The largest absolute Gasteiger partial charge is 0.377 e. The van der Waals surface area contributed by atoms with Crippen LogP contribution in [0.25, 0.3) is 0 Å². The first kappa shape index (κ1) is 15.5. The van der Waals surface area contributed by atoms with Gasteiger partial charge in [-0.3, -0.25) is 0 Å². The average molecular weight is 275 g/mol. The van der Waals surface area contributed by atoms with E-state index >= 15 is 0 Å². The van der Waals surface area contributed by atoms with Crippen LogP contribution in [0.2, 0.25) is 0 Å². The monoisotopic (exact) mass is 275 g/mol. The van der Waals surface area contributed by atoms with Crippen molar-refractivity contribution in [2.75, 3.05) is 13.2 Å². The van der Waals surface area contributed by atoms with Gasteiger partial charge in [0.1, 0.15) is 0 Å². The fraction of sp³-hybridized carbons (Fsp3) is 0.667. The summed E-state index contributed by atoms with van der Waals surface area (Å²) in [6.45, 7) is 6.23. The van der Waals surface area contributed by atoms with E-state index in [0.29, 0.717) is 12.1 Å². The lowest BCUT2D eigenvalue weighted by Crippen LogP contribution is -2.26. The molecule has 1 N–H and O–H groups in total. The molecule has 1 unspecified atom stereocenters. The molecular formula is C18H29NO. The maximum atomic E-state index is 5.91. The second-order valence-electron chi connectivity index (χ2n) is 5.79. The Morgan fingerprint density at radius 1 is 1.15 bits per heavy atom. The summed E-state index contributed by atoms with van der Waals surface area (Å²) < 4.78 is 5.91. The Kier molecular flexibility index (Phi) is 6.55. The van der Waals surface area contributed by atoms with Crippen LogP contribution in [0.5, 0.6) is 0 Å². The van der Waals surface area contributed by atoms with Crippen LogP contribution in [0.15, 0.2) is 24.3 Å². The topological polar surface area (TPSA) is 21.3 Å². The molecule has 1 aliphatic rings. The van der Waals surface area contributed by atoms with Crippen molar-refractivity contribution in [1.82, 2.24) is 5.32 Å². The lowest BCUT2D eigenvalue weighted by molar-refractivity contribution is 0.0590. The molecule has 2 rings (SSSR count). The van der Waals surface area contributed by atoms with E-state index in [1.54, 1.807) is 0 Å². The van der Waals surface area contributed by atoms with Gasteiger partial charge in [-0.1, -0.05) is 51.0 Å². The van der Waals surface area contributed by atoms with Crippen molar-refractivity contribution < 1.29 is 4.74 Å². The van der Waals surface area contributed by atoms with Gasteiger partial charge in [-0.25, -0.2) is 0 Å². The highest BCUT2D eigenvalue weighted by Crippen LogP contribution is 2.21. The van der Waals surface area contributed by atoms with Gasteiger partial charge >= 0.3 is 0 Å². The zero-order valence-electron chi connectivity index (χ0n) is 13.0. The van der Waals surface area contributed by atoms with Gasteiger partial charge in [0.2, 0.25) is 0 Å². The Bertz CT molecular complexity index is 368. The quantitative estimate of drug-likeness (QED) is 0.716. The van der Waals surface area contributed by atoms with E-state index in [0.717, 1.165) is 26.0 Å². The molecule has 0 aromatic heterocycles. The second-order valence-corrected chi connectivity index (χ2v) is 5.79. The van der Waals surface area contributed by atoms with E-state index < -0.39 is 0 Å². The van der Waals surface area contributed by atoms with E-state index in [1.807, 2.05) is 0 Å². The maximum Gasteiger partial charge on any atom is 0.0594 e. The van der Waals surface area contributed by atoms with E-state index in [1.165, 1.54) is 36.8 Å². The van der Waals surface area contributed by atoms with Gasteiger partial charge < -0.3 is 10.1 Å². The summed E-state index contributed by atoms with van der Waals surface area (Å²) >= 11 is 0. The van der Waals surface area contributed by atoms with Crippen molar-refractivity contribution in [1.29, 1.82) is 0 Å². The van der Waals surface area contributed by atoms with E-state index in [9.17, 15) is 0 Å². The van der Waals surface area contributed by atoms with Crippen LogP contribution in [0, 0.1) is 0 Å². The zero-order chi connectivity index (χ0) is 14.2.